The highest BCUT2D eigenvalue weighted by Crippen LogP contribution is 2.22. The van der Waals surface area contributed by atoms with Crippen molar-refractivity contribution in [2.75, 3.05) is 13.2 Å². The summed E-state index contributed by atoms with van der Waals surface area (Å²) in [6.45, 7) is 3.57. The first-order chi connectivity index (χ1) is 11.3. The second-order valence-corrected chi connectivity index (χ2v) is 5.98. The van der Waals surface area contributed by atoms with Crippen molar-refractivity contribution >= 4 is 41.0 Å². The van der Waals surface area contributed by atoms with Crippen LogP contribution in [0.3, 0.4) is 0 Å². The fraction of sp³-hybridized carbons (Fsp3) is 0.438. The molecule has 0 radical (unpaired) electrons. The lowest BCUT2D eigenvalue weighted by molar-refractivity contribution is -0.148. The molecule has 2 N–H and O–H groups in total. The van der Waals surface area contributed by atoms with Gasteiger partial charge >= 0.3 is 5.97 Å². The van der Waals surface area contributed by atoms with Gasteiger partial charge in [-0.25, -0.2) is 0 Å². The van der Waals surface area contributed by atoms with Crippen LogP contribution in [0.4, 0.5) is 0 Å². The van der Waals surface area contributed by atoms with Crippen molar-refractivity contribution in [2.24, 2.45) is 0 Å². The lowest BCUT2D eigenvalue weighted by Gasteiger charge is -2.13. The van der Waals surface area contributed by atoms with Crippen LogP contribution in [0.25, 0.3) is 0 Å². The number of benzene rings is 1. The first kappa shape index (κ1) is 20.3. The second kappa shape index (κ2) is 10.2. The Balaban J connectivity index is 2.36. The van der Waals surface area contributed by atoms with E-state index in [-0.39, 0.29) is 12.3 Å². The maximum Gasteiger partial charge on any atom is 0.310 e. The predicted molar refractivity (Wildman–Crippen MR) is 92.0 cm³/mol. The maximum absolute atomic E-state index is 11.7. The number of carbonyl (C=O) groups is 3. The molecule has 0 saturated carbocycles. The standard InChI is InChI=1S/C16H20Cl2N2O4/c1-3-6-19-16(23)10(2)20-14(21)9-24-15(22)8-11-4-5-12(17)13(18)7-11/h4-5,7,10H,3,6,8-9H2,1-2H3,(H,19,23)(H,20,21)/t10-/m1/s1. The molecule has 6 nitrogen and oxygen atoms in total. The first-order valence-corrected chi connectivity index (χ1v) is 8.25. The maximum atomic E-state index is 11.7. The smallest absolute Gasteiger partial charge is 0.310 e. The van der Waals surface area contributed by atoms with Crippen LogP contribution < -0.4 is 10.6 Å². The third kappa shape index (κ3) is 7.19. The average molecular weight is 375 g/mol. The summed E-state index contributed by atoms with van der Waals surface area (Å²) >= 11 is 11.7. The van der Waals surface area contributed by atoms with Crippen molar-refractivity contribution in [3.8, 4) is 0 Å². The van der Waals surface area contributed by atoms with Gasteiger partial charge in [0.1, 0.15) is 6.04 Å². The van der Waals surface area contributed by atoms with E-state index in [1.54, 1.807) is 25.1 Å². The number of ether oxygens (including phenoxy) is 1. The first-order valence-electron chi connectivity index (χ1n) is 7.50. The summed E-state index contributed by atoms with van der Waals surface area (Å²) in [6, 6.07) is 4.09. The minimum absolute atomic E-state index is 0.0310. The van der Waals surface area contributed by atoms with E-state index in [1.807, 2.05) is 6.92 Å². The molecule has 1 atom stereocenters. The van der Waals surface area contributed by atoms with E-state index < -0.39 is 24.5 Å². The molecule has 24 heavy (non-hydrogen) atoms. The van der Waals surface area contributed by atoms with Crippen LogP contribution >= 0.6 is 23.2 Å². The van der Waals surface area contributed by atoms with E-state index in [9.17, 15) is 14.4 Å². The van der Waals surface area contributed by atoms with Crippen molar-refractivity contribution in [1.29, 1.82) is 0 Å². The highest BCUT2D eigenvalue weighted by Gasteiger charge is 2.16. The average Bonchev–Trinajstić information content (AvgIpc) is 2.54. The Morgan fingerprint density at radius 2 is 1.92 bits per heavy atom. The lowest BCUT2D eigenvalue weighted by Crippen LogP contribution is -2.46. The lowest BCUT2D eigenvalue weighted by atomic mass is 10.1. The quantitative estimate of drug-likeness (QED) is 0.682. The molecule has 2 amide bonds. The Kier molecular flexibility index (Phi) is 8.57. The van der Waals surface area contributed by atoms with Gasteiger partial charge in [0, 0.05) is 6.54 Å². The number of hydrogen-bond donors (Lipinski definition) is 2. The van der Waals surface area contributed by atoms with E-state index in [0.29, 0.717) is 22.2 Å². The molecule has 0 heterocycles. The Labute approximate surface area is 150 Å². The fourth-order valence-corrected chi connectivity index (χ4v) is 2.08. The number of esters is 1. The van der Waals surface area contributed by atoms with Crippen molar-refractivity contribution in [3.05, 3.63) is 33.8 Å². The van der Waals surface area contributed by atoms with Crippen LogP contribution in [0.15, 0.2) is 18.2 Å². The molecular weight excluding hydrogens is 355 g/mol. The molecular formula is C16H20Cl2N2O4. The van der Waals surface area contributed by atoms with Gasteiger partial charge in [-0.15, -0.1) is 0 Å². The summed E-state index contributed by atoms with van der Waals surface area (Å²) in [5.74, 6) is -1.41. The Bertz CT molecular complexity index is 608. The molecule has 1 aromatic carbocycles. The predicted octanol–water partition coefficient (Wildman–Crippen LogP) is 2.11. The molecule has 0 saturated heterocycles. The van der Waals surface area contributed by atoms with E-state index in [1.165, 1.54) is 0 Å². The summed E-state index contributed by atoms with van der Waals surface area (Å²) in [7, 11) is 0. The van der Waals surface area contributed by atoms with Crippen LogP contribution in [-0.2, 0) is 25.5 Å². The molecule has 132 valence electrons. The van der Waals surface area contributed by atoms with Gasteiger partial charge in [-0.3, -0.25) is 14.4 Å². The molecule has 0 aliphatic rings. The normalized spacial score (nSPS) is 11.5. The molecule has 0 bridgehead atoms. The number of amides is 2. The van der Waals surface area contributed by atoms with Crippen molar-refractivity contribution in [3.63, 3.8) is 0 Å². The van der Waals surface area contributed by atoms with Crippen LogP contribution in [0.2, 0.25) is 10.0 Å². The zero-order valence-corrected chi connectivity index (χ0v) is 15.0. The van der Waals surface area contributed by atoms with Crippen molar-refractivity contribution in [2.45, 2.75) is 32.7 Å². The van der Waals surface area contributed by atoms with E-state index in [0.717, 1.165) is 6.42 Å². The van der Waals surface area contributed by atoms with Gasteiger partial charge in [-0.2, -0.15) is 0 Å². The zero-order valence-electron chi connectivity index (χ0n) is 13.5. The molecule has 1 rings (SSSR count). The Hall–Kier alpha value is -1.79. The minimum Gasteiger partial charge on any atom is -0.455 e. The van der Waals surface area contributed by atoms with Crippen LogP contribution in [0, 0.1) is 0 Å². The SMILES string of the molecule is CCCNC(=O)[C@@H](C)NC(=O)COC(=O)Cc1ccc(Cl)c(Cl)c1. The number of halogens is 2. The Morgan fingerprint density at radius 1 is 1.21 bits per heavy atom. The number of rotatable bonds is 8. The van der Waals surface area contributed by atoms with E-state index >= 15 is 0 Å². The van der Waals surface area contributed by atoms with E-state index in [2.05, 4.69) is 10.6 Å². The number of nitrogens with one attached hydrogen (secondary N) is 2. The van der Waals surface area contributed by atoms with Crippen molar-refractivity contribution < 1.29 is 19.1 Å². The van der Waals surface area contributed by atoms with Crippen LogP contribution in [-0.4, -0.2) is 37.0 Å². The van der Waals surface area contributed by atoms with Gasteiger partial charge in [0.25, 0.3) is 5.91 Å². The highest BCUT2D eigenvalue weighted by atomic mass is 35.5. The second-order valence-electron chi connectivity index (χ2n) is 5.17. The highest BCUT2D eigenvalue weighted by molar-refractivity contribution is 6.42. The van der Waals surface area contributed by atoms with Gasteiger partial charge in [0.15, 0.2) is 6.61 Å². The summed E-state index contributed by atoms with van der Waals surface area (Å²) in [6.07, 6.45) is 0.773. The van der Waals surface area contributed by atoms with Gasteiger partial charge in [0.2, 0.25) is 5.91 Å². The summed E-state index contributed by atoms with van der Waals surface area (Å²) in [5, 5.41) is 5.85. The molecule has 0 unspecified atom stereocenters. The molecule has 0 aliphatic carbocycles. The zero-order chi connectivity index (χ0) is 18.1. The molecule has 8 heteroatoms. The largest absolute Gasteiger partial charge is 0.455 e. The molecule has 1 aromatic rings. The van der Waals surface area contributed by atoms with Crippen LogP contribution in [0.1, 0.15) is 25.8 Å². The number of hydrogen-bond acceptors (Lipinski definition) is 4. The molecule has 0 aromatic heterocycles. The topological polar surface area (TPSA) is 84.5 Å². The van der Waals surface area contributed by atoms with E-state index in [4.69, 9.17) is 27.9 Å². The van der Waals surface area contributed by atoms with Gasteiger partial charge in [0.05, 0.1) is 16.5 Å². The third-order valence-electron chi connectivity index (χ3n) is 3.02. The van der Waals surface area contributed by atoms with Gasteiger partial charge in [-0.05, 0) is 31.0 Å². The molecule has 0 spiro atoms. The minimum atomic E-state index is -0.696. The fourth-order valence-electron chi connectivity index (χ4n) is 1.76. The van der Waals surface area contributed by atoms with Gasteiger partial charge < -0.3 is 15.4 Å². The van der Waals surface area contributed by atoms with Crippen molar-refractivity contribution in [1.82, 2.24) is 10.6 Å². The summed E-state index contributed by atoms with van der Waals surface area (Å²) in [4.78, 5) is 35.0. The monoisotopic (exact) mass is 374 g/mol. The molecule has 0 aliphatic heterocycles. The molecule has 0 fully saturated rings. The van der Waals surface area contributed by atoms with Crippen LogP contribution in [0.5, 0.6) is 0 Å². The summed E-state index contributed by atoms with van der Waals surface area (Å²) in [5.41, 5.74) is 0.627. The van der Waals surface area contributed by atoms with Gasteiger partial charge in [-0.1, -0.05) is 36.2 Å². The summed E-state index contributed by atoms with van der Waals surface area (Å²) < 4.78 is 4.88. The third-order valence-corrected chi connectivity index (χ3v) is 3.76. The number of carbonyl (C=O) groups excluding carboxylic acids is 3. The Morgan fingerprint density at radius 3 is 2.54 bits per heavy atom.